The first-order valence-corrected chi connectivity index (χ1v) is 3.75. The van der Waals surface area contributed by atoms with Crippen LogP contribution in [0.15, 0.2) is 12.1 Å². The Bertz CT molecular complexity index is 326. The highest BCUT2D eigenvalue weighted by Gasteiger charge is 2.08. The highest BCUT2D eigenvalue weighted by Crippen LogP contribution is 2.19. The van der Waals surface area contributed by atoms with E-state index in [1.54, 1.807) is 6.92 Å². The van der Waals surface area contributed by atoms with Gasteiger partial charge in [0, 0.05) is 11.3 Å². The minimum absolute atomic E-state index is 0.0772. The molecular weight excluding hydrogens is 173 g/mol. The Labute approximate surface area is 75.3 Å². The van der Waals surface area contributed by atoms with Gasteiger partial charge in [0.2, 0.25) is 0 Å². The van der Waals surface area contributed by atoms with E-state index >= 15 is 0 Å². The lowest BCUT2D eigenvalue weighted by atomic mass is 10.1. The lowest BCUT2D eigenvalue weighted by molar-refractivity contribution is -0.129. The van der Waals surface area contributed by atoms with Crippen LogP contribution in [0.1, 0.15) is 11.1 Å². The lowest BCUT2D eigenvalue weighted by Gasteiger charge is -2.07. The summed E-state index contributed by atoms with van der Waals surface area (Å²) in [4.78, 5) is 9.91. The molecule has 70 valence electrons. The van der Waals surface area contributed by atoms with Gasteiger partial charge in [0.25, 0.3) is 6.47 Å². The van der Waals surface area contributed by atoms with Gasteiger partial charge >= 0.3 is 0 Å². The van der Waals surface area contributed by atoms with Gasteiger partial charge in [0.05, 0.1) is 0 Å². The maximum Gasteiger partial charge on any atom is 0.293 e. The predicted molar refractivity (Wildman–Crippen MR) is 46.4 cm³/mol. The molecule has 0 heterocycles. The van der Waals surface area contributed by atoms with Crippen molar-refractivity contribution in [1.29, 1.82) is 0 Å². The Balaban J connectivity index is 3.02. The van der Waals surface area contributed by atoms with Gasteiger partial charge in [-0.2, -0.15) is 0 Å². The zero-order chi connectivity index (χ0) is 9.84. The van der Waals surface area contributed by atoms with Crippen LogP contribution in [0, 0.1) is 12.7 Å². The average molecular weight is 183 g/mol. The van der Waals surface area contributed by atoms with Crippen LogP contribution in [0.25, 0.3) is 0 Å². The molecule has 13 heavy (non-hydrogen) atoms. The maximum absolute atomic E-state index is 13.1. The molecule has 0 aliphatic heterocycles. The van der Waals surface area contributed by atoms with Gasteiger partial charge in [0.1, 0.15) is 12.4 Å². The monoisotopic (exact) mass is 183 g/mol. The quantitative estimate of drug-likeness (QED) is 0.569. The fourth-order valence-corrected chi connectivity index (χ4v) is 1.04. The summed E-state index contributed by atoms with van der Waals surface area (Å²) in [7, 11) is 0. The van der Waals surface area contributed by atoms with Crippen molar-refractivity contribution < 1.29 is 13.9 Å². The summed E-state index contributed by atoms with van der Waals surface area (Å²) in [5.41, 5.74) is 6.98. The molecule has 0 aliphatic carbocycles. The second-order valence-electron chi connectivity index (χ2n) is 2.65. The molecule has 0 aliphatic rings. The van der Waals surface area contributed by atoms with Crippen LogP contribution in [0.4, 0.5) is 10.1 Å². The molecular formula is C9H10FNO2. The second-order valence-corrected chi connectivity index (χ2v) is 2.65. The van der Waals surface area contributed by atoms with E-state index < -0.39 is 5.82 Å². The third kappa shape index (κ3) is 1.96. The third-order valence-corrected chi connectivity index (χ3v) is 1.88. The summed E-state index contributed by atoms with van der Waals surface area (Å²) in [5, 5.41) is 0. The highest BCUT2D eigenvalue weighted by molar-refractivity contribution is 5.50. The van der Waals surface area contributed by atoms with Gasteiger partial charge in [-0.25, -0.2) is 4.39 Å². The number of rotatable bonds is 3. The van der Waals surface area contributed by atoms with Gasteiger partial charge in [-0.05, 0) is 24.6 Å². The minimum atomic E-state index is -0.409. The van der Waals surface area contributed by atoms with E-state index in [0.717, 1.165) is 0 Å². The van der Waals surface area contributed by atoms with Crippen molar-refractivity contribution in [2.45, 2.75) is 13.5 Å². The van der Waals surface area contributed by atoms with Gasteiger partial charge in [0.15, 0.2) is 0 Å². The first kappa shape index (κ1) is 9.51. The standard InChI is InChI=1S/C9H10FNO2/c1-6-7(4-13-5-12)8(10)2-3-9(6)11/h2-3,5H,4,11H2,1H3. The van der Waals surface area contributed by atoms with E-state index in [9.17, 15) is 9.18 Å². The fraction of sp³-hybridized carbons (Fsp3) is 0.222. The molecule has 4 heteroatoms. The van der Waals surface area contributed by atoms with Crippen molar-refractivity contribution in [3.8, 4) is 0 Å². The van der Waals surface area contributed by atoms with E-state index in [2.05, 4.69) is 4.74 Å². The third-order valence-electron chi connectivity index (χ3n) is 1.88. The Morgan fingerprint density at radius 3 is 2.92 bits per heavy atom. The molecule has 1 aromatic rings. The summed E-state index contributed by atoms with van der Waals surface area (Å²) in [6.45, 7) is 1.89. The molecule has 0 aromatic heterocycles. The summed E-state index contributed by atoms with van der Waals surface area (Å²) in [6.07, 6.45) is 0. The highest BCUT2D eigenvalue weighted by atomic mass is 19.1. The molecule has 0 fully saturated rings. The van der Waals surface area contributed by atoms with E-state index in [1.165, 1.54) is 12.1 Å². The van der Waals surface area contributed by atoms with Gasteiger partial charge in [-0.15, -0.1) is 0 Å². The molecule has 2 N–H and O–H groups in total. The number of carbonyl (C=O) groups excluding carboxylic acids is 1. The Morgan fingerprint density at radius 1 is 1.62 bits per heavy atom. The number of anilines is 1. The first-order valence-electron chi connectivity index (χ1n) is 3.75. The topological polar surface area (TPSA) is 52.3 Å². The zero-order valence-corrected chi connectivity index (χ0v) is 7.21. The van der Waals surface area contributed by atoms with Gasteiger partial charge < -0.3 is 10.5 Å². The van der Waals surface area contributed by atoms with E-state index in [1.807, 2.05) is 0 Å². The molecule has 0 bridgehead atoms. The Kier molecular flexibility index (Phi) is 2.84. The first-order chi connectivity index (χ1) is 6.16. The number of hydrogen-bond donors (Lipinski definition) is 1. The van der Waals surface area contributed by atoms with Crippen molar-refractivity contribution in [3.63, 3.8) is 0 Å². The number of ether oxygens (including phenoxy) is 1. The summed E-state index contributed by atoms with van der Waals surface area (Å²) in [5.74, 6) is -0.409. The van der Waals surface area contributed by atoms with Crippen LogP contribution in [0.3, 0.4) is 0 Å². The largest absolute Gasteiger partial charge is 0.463 e. The minimum Gasteiger partial charge on any atom is -0.463 e. The SMILES string of the molecule is Cc1c(N)ccc(F)c1COC=O. The zero-order valence-electron chi connectivity index (χ0n) is 7.21. The predicted octanol–water partition coefficient (Wildman–Crippen LogP) is 1.39. The molecule has 0 saturated carbocycles. The average Bonchev–Trinajstić information content (AvgIpc) is 2.12. The molecule has 0 amide bonds. The van der Waals surface area contributed by atoms with Crippen LogP contribution in [0.5, 0.6) is 0 Å². The van der Waals surface area contributed by atoms with Crippen LogP contribution >= 0.6 is 0 Å². The van der Waals surface area contributed by atoms with Crippen molar-refractivity contribution in [2.24, 2.45) is 0 Å². The molecule has 0 saturated heterocycles. The normalized spacial score (nSPS) is 9.69. The van der Waals surface area contributed by atoms with Crippen LogP contribution < -0.4 is 5.73 Å². The van der Waals surface area contributed by atoms with E-state index in [0.29, 0.717) is 16.8 Å². The summed E-state index contributed by atoms with van der Waals surface area (Å²) < 4.78 is 17.6. The van der Waals surface area contributed by atoms with Crippen molar-refractivity contribution >= 4 is 12.2 Å². The van der Waals surface area contributed by atoms with Crippen LogP contribution in [-0.2, 0) is 16.1 Å². The molecule has 1 rings (SSSR count). The van der Waals surface area contributed by atoms with E-state index in [-0.39, 0.29) is 13.1 Å². The van der Waals surface area contributed by atoms with Crippen molar-refractivity contribution in [1.82, 2.24) is 0 Å². The van der Waals surface area contributed by atoms with Crippen LogP contribution in [-0.4, -0.2) is 6.47 Å². The molecule has 0 atom stereocenters. The van der Waals surface area contributed by atoms with Crippen LogP contribution in [0.2, 0.25) is 0 Å². The van der Waals surface area contributed by atoms with Crippen molar-refractivity contribution in [2.75, 3.05) is 5.73 Å². The van der Waals surface area contributed by atoms with Gasteiger partial charge in [-0.3, -0.25) is 4.79 Å². The fourth-order valence-electron chi connectivity index (χ4n) is 1.04. The van der Waals surface area contributed by atoms with E-state index in [4.69, 9.17) is 5.73 Å². The maximum atomic E-state index is 13.1. The summed E-state index contributed by atoms with van der Waals surface area (Å²) in [6, 6.07) is 2.74. The molecule has 0 radical (unpaired) electrons. The molecule has 0 spiro atoms. The number of benzene rings is 1. The Morgan fingerprint density at radius 2 is 2.31 bits per heavy atom. The number of nitrogen functional groups attached to an aromatic ring is 1. The number of halogens is 1. The Hall–Kier alpha value is -1.58. The van der Waals surface area contributed by atoms with Crippen molar-refractivity contribution in [3.05, 3.63) is 29.1 Å². The second kappa shape index (κ2) is 3.89. The number of nitrogens with two attached hydrogens (primary N) is 1. The lowest BCUT2D eigenvalue weighted by Crippen LogP contribution is -2.01. The molecule has 0 unspecified atom stereocenters. The number of carbonyl (C=O) groups is 1. The summed E-state index contributed by atoms with van der Waals surface area (Å²) >= 11 is 0. The molecule has 1 aromatic carbocycles. The molecule has 3 nitrogen and oxygen atoms in total. The van der Waals surface area contributed by atoms with Gasteiger partial charge in [-0.1, -0.05) is 0 Å². The number of hydrogen-bond acceptors (Lipinski definition) is 3. The smallest absolute Gasteiger partial charge is 0.293 e.